The Morgan fingerprint density at radius 2 is 2.00 bits per heavy atom. The molecule has 3 heteroatoms. The fourth-order valence-corrected chi connectivity index (χ4v) is 3.02. The molecule has 1 aromatic carbocycles. The summed E-state index contributed by atoms with van der Waals surface area (Å²) in [7, 11) is 4.28. The maximum atomic E-state index is 3.32. The Morgan fingerprint density at radius 3 is 2.68 bits per heavy atom. The quantitative estimate of drug-likeness (QED) is 0.894. The molecule has 0 aromatic heterocycles. The van der Waals surface area contributed by atoms with Crippen molar-refractivity contribution in [1.29, 1.82) is 0 Å². The van der Waals surface area contributed by atoms with Crippen LogP contribution in [0.5, 0.6) is 0 Å². The van der Waals surface area contributed by atoms with E-state index >= 15 is 0 Å². The molecular formula is C16H27N3. The molecule has 0 spiro atoms. The highest BCUT2D eigenvalue weighted by Gasteiger charge is 2.29. The zero-order chi connectivity index (χ0) is 13.8. The number of aryl methyl sites for hydroxylation is 1. The molecule has 2 atom stereocenters. The lowest BCUT2D eigenvalue weighted by Crippen LogP contribution is -2.59. The summed E-state index contributed by atoms with van der Waals surface area (Å²) < 4.78 is 0. The van der Waals surface area contributed by atoms with Crippen LogP contribution in [0.25, 0.3) is 0 Å². The Balaban J connectivity index is 2.20. The van der Waals surface area contributed by atoms with E-state index in [-0.39, 0.29) is 0 Å². The van der Waals surface area contributed by atoms with E-state index in [0.717, 1.165) is 26.1 Å². The van der Waals surface area contributed by atoms with E-state index in [0.29, 0.717) is 12.1 Å². The zero-order valence-corrected chi connectivity index (χ0v) is 12.7. The lowest BCUT2D eigenvalue weighted by atomic mass is 10.0. The Kier molecular flexibility index (Phi) is 4.83. The molecule has 1 saturated heterocycles. The van der Waals surface area contributed by atoms with Gasteiger partial charge in [-0.15, -0.1) is 0 Å². The number of benzene rings is 1. The van der Waals surface area contributed by atoms with Gasteiger partial charge >= 0.3 is 0 Å². The molecule has 3 nitrogen and oxygen atoms in total. The summed E-state index contributed by atoms with van der Waals surface area (Å²) in [6.07, 6.45) is 1.10. The molecule has 0 radical (unpaired) electrons. The van der Waals surface area contributed by atoms with E-state index in [1.165, 1.54) is 11.3 Å². The van der Waals surface area contributed by atoms with Crippen molar-refractivity contribution >= 4 is 5.69 Å². The van der Waals surface area contributed by atoms with Crippen molar-refractivity contribution < 1.29 is 0 Å². The van der Waals surface area contributed by atoms with Gasteiger partial charge in [0.1, 0.15) is 0 Å². The number of piperazine rings is 1. The van der Waals surface area contributed by atoms with Gasteiger partial charge in [0.05, 0.1) is 0 Å². The van der Waals surface area contributed by atoms with Gasteiger partial charge in [-0.25, -0.2) is 0 Å². The molecule has 106 valence electrons. The van der Waals surface area contributed by atoms with Gasteiger partial charge in [0.2, 0.25) is 0 Å². The number of anilines is 1. The van der Waals surface area contributed by atoms with Crippen LogP contribution in [-0.4, -0.2) is 50.7 Å². The highest BCUT2D eigenvalue weighted by molar-refractivity contribution is 5.54. The predicted octanol–water partition coefficient (Wildman–Crippen LogP) is 1.98. The Bertz CT molecular complexity index is 405. The Hall–Kier alpha value is -1.06. The molecule has 0 amide bonds. The Morgan fingerprint density at radius 1 is 1.26 bits per heavy atom. The fraction of sp³-hybridized carbons (Fsp3) is 0.625. The van der Waals surface area contributed by atoms with Gasteiger partial charge in [0.25, 0.3) is 0 Å². The number of para-hydroxylation sites is 1. The molecule has 1 heterocycles. The molecule has 2 unspecified atom stereocenters. The second-order valence-corrected chi connectivity index (χ2v) is 5.61. The number of hydrogen-bond acceptors (Lipinski definition) is 3. The first-order valence-electron chi connectivity index (χ1n) is 7.36. The molecule has 2 rings (SSSR count). The number of rotatable bonds is 4. The third-order valence-corrected chi connectivity index (χ3v) is 4.34. The van der Waals surface area contributed by atoms with E-state index in [1.54, 1.807) is 0 Å². The average Bonchev–Trinajstić information content (AvgIpc) is 2.43. The second-order valence-electron chi connectivity index (χ2n) is 5.61. The van der Waals surface area contributed by atoms with Crippen LogP contribution in [0.15, 0.2) is 24.3 Å². The van der Waals surface area contributed by atoms with Gasteiger partial charge in [0, 0.05) is 37.4 Å². The molecule has 0 saturated carbocycles. The van der Waals surface area contributed by atoms with E-state index in [4.69, 9.17) is 0 Å². The van der Waals surface area contributed by atoms with E-state index in [2.05, 4.69) is 60.3 Å². The molecule has 0 aliphatic carbocycles. The van der Waals surface area contributed by atoms with Crippen LogP contribution >= 0.6 is 0 Å². The standard InChI is InChI=1S/C16H27N3/c1-5-14-8-6-7-9-16(14)19-11-13(2)18(4)15(12-19)10-17-3/h6-9,13,15,17H,5,10-12H2,1-4H3. The van der Waals surface area contributed by atoms with Gasteiger partial charge in [0.15, 0.2) is 0 Å². The van der Waals surface area contributed by atoms with Crippen LogP contribution in [-0.2, 0) is 6.42 Å². The minimum absolute atomic E-state index is 0.582. The van der Waals surface area contributed by atoms with Gasteiger partial charge in [-0.05, 0) is 39.1 Å². The lowest BCUT2D eigenvalue weighted by Gasteiger charge is -2.45. The molecular weight excluding hydrogens is 234 g/mol. The molecule has 1 aliphatic rings. The number of likely N-dealkylation sites (N-methyl/N-ethyl adjacent to an activating group) is 2. The van der Waals surface area contributed by atoms with E-state index in [1.807, 2.05) is 7.05 Å². The molecule has 19 heavy (non-hydrogen) atoms. The summed E-state index contributed by atoms with van der Waals surface area (Å²) in [5.41, 5.74) is 2.88. The zero-order valence-electron chi connectivity index (χ0n) is 12.7. The van der Waals surface area contributed by atoms with Crippen molar-refractivity contribution in [3.05, 3.63) is 29.8 Å². The summed E-state index contributed by atoms with van der Waals surface area (Å²) in [5.74, 6) is 0. The first kappa shape index (κ1) is 14.4. The van der Waals surface area contributed by atoms with E-state index in [9.17, 15) is 0 Å². The van der Waals surface area contributed by atoms with Crippen LogP contribution in [0.1, 0.15) is 19.4 Å². The van der Waals surface area contributed by atoms with Crippen molar-refractivity contribution in [3.8, 4) is 0 Å². The molecule has 0 bridgehead atoms. The second kappa shape index (κ2) is 6.40. The molecule has 1 N–H and O–H groups in total. The van der Waals surface area contributed by atoms with E-state index < -0.39 is 0 Å². The summed E-state index contributed by atoms with van der Waals surface area (Å²) in [6, 6.07) is 10.0. The van der Waals surface area contributed by atoms with Crippen molar-refractivity contribution in [2.75, 3.05) is 38.6 Å². The van der Waals surface area contributed by atoms with Crippen LogP contribution < -0.4 is 10.2 Å². The van der Waals surface area contributed by atoms with Gasteiger partial charge in [-0.2, -0.15) is 0 Å². The molecule has 1 fully saturated rings. The number of hydrogen-bond donors (Lipinski definition) is 1. The summed E-state index contributed by atoms with van der Waals surface area (Å²) >= 11 is 0. The number of nitrogens with one attached hydrogen (secondary N) is 1. The first-order valence-corrected chi connectivity index (χ1v) is 7.36. The van der Waals surface area contributed by atoms with Crippen molar-refractivity contribution in [2.45, 2.75) is 32.4 Å². The smallest absolute Gasteiger partial charge is 0.0399 e. The van der Waals surface area contributed by atoms with Gasteiger partial charge < -0.3 is 10.2 Å². The average molecular weight is 261 g/mol. The minimum atomic E-state index is 0.582. The normalized spacial score (nSPS) is 24.7. The van der Waals surface area contributed by atoms with Crippen molar-refractivity contribution in [3.63, 3.8) is 0 Å². The van der Waals surface area contributed by atoms with Crippen LogP contribution in [0, 0.1) is 0 Å². The molecule has 1 aliphatic heterocycles. The summed E-state index contributed by atoms with van der Waals surface area (Å²) in [4.78, 5) is 5.06. The van der Waals surface area contributed by atoms with Crippen LogP contribution in [0.2, 0.25) is 0 Å². The largest absolute Gasteiger partial charge is 0.368 e. The van der Waals surface area contributed by atoms with Crippen LogP contribution in [0.3, 0.4) is 0 Å². The third kappa shape index (κ3) is 3.10. The highest BCUT2D eigenvalue weighted by Crippen LogP contribution is 2.25. The maximum Gasteiger partial charge on any atom is 0.0399 e. The highest BCUT2D eigenvalue weighted by atomic mass is 15.3. The van der Waals surface area contributed by atoms with Crippen molar-refractivity contribution in [1.82, 2.24) is 10.2 Å². The Labute approximate surface area is 117 Å². The molecule has 1 aromatic rings. The first-order chi connectivity index (χ1) is 9.17. The third-order valence-electron chi connectivity index (χ3n) is 4.34. The van der Waals surface area contributed by atoms with Gasteiger partial charge in [-0.1, -0.05) is 25.1 Å². The maximum absolute atomic E-state index is 3.32. The van der Waals surface area contributed by atoms with Gasteiger partial charge in [-0.3, -0.25) is 4.90 Å². The van der Waals surface area contributed by atoms with Crippen molar-refractivity contribution in [2.24, 2.45) is 0 Å². The summed E-state index contributed by atoms with van der Waals surface area (Å²) in [5, 5.41) is 3.32. The topological polar surface area (TPSA) is 18.5 Å². The minimum Gasteiger partial charge on any atom is -0.368 e. The summed E-state index contributed by atoms with van der Waals surface area (Å²) in [6.45, 7) is 7.84. The lowest BCUT2D eigenvalue weighted by molar-refractivity contribution is 0.157. The predicted molar refractivity (Wildman–Crippen MR) is 83.0 cm³/mol. The fourth-order valence-electron chi connectivity index (χ4n) is 3.02. The SMILES string of the molecule is CCc1ccccc1N1CC(C)N(C)C(CNC)C1. The number of nitrogens with zero attached hydrogens (tertiary/aromatic N) is 2. The monoisotopic (exact) mass is 261 g/mol. The van der Waals surface area contributed by atoms with Crippen LogP contribution in [0.4, 0.5) is 5.69 Å².